The summed E-state index contributed by atoms with van der Waals surface area (Å²) in [6.45, 7) is 3.35. The first kappa shape index (κ1) is 22.7. The molecule has 2 atom stereocenters. The van der Waals surface area contributed by atoms with E-state index in [4.69, 9.17) is 4.74 Å². The standard InChI is InChI=1S/C19H25F3O5S/c1-13-8-4-6-10-15(13)18(2,3)27-17(23)14-9-5-7-11-16(14)28(24,25)26-12-19(20,21)22/h4,6,8,10,14,16H,5,7,9,11-12H2,1-3H3/t14-,16?/m1/s1. The maximum atomic E-state index is 12.8. The first-order valence-electron chi connectivity index (χ1n) is 9.07. The summed E-state index contributed by atoms with van der Waals surface area (Å²) in [6, 6.07) is 7.32. The van der Waals surface area contributed by atoms with Crippen LogP contribution in [-0.2, 0) is 29.4 Å². The van der Waals surface area contributed by atoms with Crippen molar-refractivity contribution in [1.82, 2.24) is 0 Å². The van der Waals surface area contributed by atoms with Crippen molar-refractivity contribution < 1.29 is 35.3 Å². The van der Waals surface area contributed by atoms with Crippen LogP contribution in [0.2, 0.25) is 0 Å². The van der Waals surface area contributed by atoms with Crippen LogP contribution in [0.5, 0.6) is 0 Å². The molecule has 9 heteroatoms. The smallest absolute Gasteiger partial charge is 0.413 e. The lowest BCUT2D eigenvalue weighted by Gasteiger charge is -2.33. The van der Waals surface area contributed by atoms with E-state index in [1.165, 1.54) is 0 Å². The fourth-order valence-electron chi connectivity index (χ4n) is 3.58. The van der Waals surface area contributed by atoms with Gasteiger partial charge in [0, 0.05) is 0 Å². The minimum atomic E-state index is -4.77. The molecule has 1 aliphatic carbocycles. The van der Waals surface area contributed by atoms with Gasteiger partial charge in [-0.15, -0.1) is 0 Å². The number of ether oxygens (including phenoxy) is 1. The van der Waals surface area contributed by atoms with Crippen molar-refractivity contribution in [3.05, 3.63) is 35.4 Å². The normalized spacial score (nSPS) is 21.4. The Morgan fingerprint density at radius 1 is 1.14 bits per heavy atom. The Kier molecular flexibility index (Phi) is 6.81. The molecule has 1 unspecified atom stereocenters. The highest BCUT2D eigenvalue weighted by Gasteiger charge is 2.44. The van der Waals surface area contributed by atoms with Gasteiger partial charge < -0.3 is 4.74 Å². The van der Waals surface area contributed by atoms with E-state index in [2.05, 4.69) is 4.18 Å². The Balaban J connectivity index is 2.19. The molecule has 1 saturated carbocycles. The van der Waals surface area contributed by atoms with Crippen LogP contribution in [0.15, 0.2) is 24.3 Å². The number of carbonyl (C=O) groups excluding carboxylic acids is 1. The quantitative estimate of drug-likeness (QED) is 0.507. The largest absolute Gasteiger partial charge is 0.455 e. The Labute approximate surface area is 163 Å². The third-order valence-electron chi connectivity index (χ3n) is 4.91. The summed E-state index contributed by atoms with van der Waals surface area (Å²) < 4.78 is 71.6. The maximum Gasteiger partial charge on any atom is 0.413 e. The molecule has 0 aromatic heterocycles. The van der Waals surface area contributed by atoms with Gasteiger partial charge in [-0.1, -0.05) is 37.1 Å². The predicted octanol–water partition coefficient (Wildman–Crippen LogP) is 4.24. The SMILES string of the molecule is Cc1ccccc1C(C)(C)OC(=O)[C@@H]1CCCCC1S(=O)(=O)OCC(F)(F)F. The van der Waals surface area contributed by atoms with Gasteiger partial charge in [0.05, 0.1) is 11.2 Å². The summed E-state index contributed by atoms with van der Waals surface area (Å²) in [5, 5.41) is -1.34. The van der Waals surface area contributed by atoms with Crippen LogP contribution in [0.3, 0.4) is 0 Å². The van der Waals surface area contributed by atoms with Gasteiger partial charge in [-0.2, -0.15) is 21.6 Å². The zero-order valence-corrected chi connectivity index (χ0v) is 16.9. The summed E-state index contributed by atoms with van der Waals surface area (Å²) in [5.41, 5.74) is 0.662. The molecule has 2 rings (SSSR count). The molecule has 0 amide bonds. The summed E-state index contributed by atoms with van der Waals surface area (Å²) in [4.78, 5) is 12.8. The second-order valence-corrected chi connectivity index (χ2v) is 9.37. The molecule has 5 nitrogen and oxygen atoms in total. The highest BCUT2D eigenvalue weighted by molar-refractivity contribution is 7.87. The van der Waals surface area contributed by atoms with Gasteiger partial charge in [-0.25, -0.2) is 0 Å². The number of benzene rings is 1. The number of rotatable bonds is 6. The van der Waals surface area contributed by atoms with Crippen LogP contribution in [0.1, 0.15) is 50.7 Å². The van der Waals surface area contributed by atoms with Crippen molar-refractivity contribution in [1.29, 1.82) is 0 Å². The van der Waals surface area contributed by atoms with E-state index in [0.717, 1.165) is 11.1 Å². The molecule has 0 aliphatic heterocycles. The highest BCUT2D eigenvalue weighted by atomic mass is 32.2. The zero-order chi connectivity index (χ0) is 21.2. The first-order chi connectivity index (χ1) is 12.8. The van der Waals surface area contributed by atoms with Gasteiger partial charge in [0.1, 0.15) is 5.60 Å². The number of alkyl halides is 3. The summed E-state index contributed by atoms with van der Waals surface area (Å²) in [5.74, 6) is -1.80. The lowest BCUT2D eigenvalue weighted by atomic mass is 9.88. The van der Waals surface area contributed by atoms with Crippen LogP contribution in [0, 0.1) is 12.8 Å². The number of halogens is 3. The van der Waals surface area contributed by atoms with Crippen LogP contribution in [-0.4, -0.2) is 32.4 Å². The number of hydrogen-bond donors (Lipinski definition) is 0. The Hall–Kier alpha value is -1.61. The van der Waals surface area contributed by atoms with Crippen LogP contribution >= 0.6 is 0 Å². The van der Waals surface area contributed by atoms with E-state index in [-0.39, 0.29) is 12.8 Å². The maximum absolute atomic E-state index is 12.8. The molecular weight excluding hydrogens is 397 g/mol. The molecule has 1 aromatic carbocycles. The molecule has 158 valence electrons. The van der Waals surface area contributed by atoms with Crippen LogP contribution in [0.4, 0.5) is 13.2 Å². The van der Waals surface area contributed by atoms with E-state index in [1.54, 1.807) is 19.9 Å². The molecule has 0 bridgehead atoms. The summed E-state index contributed by atoms with van der Waals surface area (Å²) in [7, 11) is -4.56. The highest BCUT2D eigenvalue weighted by Crippen LogP contribution is 2.35. The van der Waals surface area contributed by atoms with Crippen molar-refractivity contribution in [2.24, 2.45) is 5.92 Å². The zero-order valence-electron chi connectivity index (χ0n) is 16.1. The van der Waals surface area contributed by atoms with E-state index in [1.807, 2.05) is 25.1 Å². The minimum Gasteiger partial charge on any atom is -0.455 e. The second kappa shape index (κ2) is 8.41. The van der Waals surface area contributed by atoms with Gasteiger partial charge >= 0.3 is 12.1 Å². The van der Waals surface area contributed by atoms with Gasteiger partial charge in [0.15, 0.2) is 6.61 Å². The van der Waals surface area contributed by atoms with Crippen molar-refractivity contribution >= 4 is 16.1 Å². The molecule has 0 N–H and O–H groups in total. The average Bonchev–Trinajstić information content (AvgIpc) is 2.59. The fourth-order valence-corrected chi connectivity index (χ4v) is 5.16. The monoisotopic (exact) mass is 422 g/mol. The summed E-state index contributed by atoms with van der Waals surface area (Å²) >= 11 is 0. The topological polar surface area (TPSA) is 69.7 Å². The average molecular weight is 422 g/mol. The van der Waals surface area contributed by atoms with Gasteiger partial charge in [-0.3, -0.25) is 8.98 Å². The Morgan fingerprint density at radius 3 is 2.36 bits per heavy atom. The number of carbonyl (C=O) groups is 1. The molecule has 1 aliphatic rings. The molecule has 0 radical (unpaired) electrons. The van der Waals surface area contributed by atoms with Gasteiger partial charge in [0.25, 0.3) is 10.1 Å². The van der Waals surface area contributed by atoms with Crippen molar-refractivity contribution in [3.63, 3.8) is 0 Å². The van der Waals surface area contributed by atoms with E-state index >= 15 is 0 Å². The van der Waals surface area contributed by atoms with Crippen molar-refractivity contribution in [2.75, 3.05) is 6.61 Å². The fraction of sp³-hybridized carbons (Fsp3) is 0.632. The molecule has 0 heterocycles. The number of hydrogen-bond acceptors (Lipinski definition) is 5. The Bertz CT molecular complexity index is 802. The third-order valence-corrected chi connectivity index (χ3v) is 6.66. The van der Waals surface area contributed by atoms with Gasteiger partial charge in [-0.05, 0) is 44.7 Å². The lowest BCUT2D eigenvalue weighted by molar-refractivity contribution is -0.163. The Morgan fingerprint density at radius 2 is 1.75 bits per heavy atom. The predicted molar refractivity (Wildman–Crippen MR) is 97.0 cm³/mol. The molecule has 0 spiro atoms. The molecule has 1 fully saturated rings. The van der Waals surface area contributed by atoms with Gasteiger partial charge in [0.2, 0.25) is 0 Å². The second-order valence-electron chi connectivity index (χ2n) is 7.55. The van der Waals surface area contributed by atoms with E-state index < -0.39 is 45.6 Å². The third kappa shape index (κ3) is 5.70. The number of aryl methyl sites for hydroxylation is 1. The lowest BCUT2D eigenvalue weighted by Crippen LogP contribution is -2.42. The van der Waals surface area contributed by atoms with E-state index in [9.17, 15) is 26.4 Å². The number of esters is 1. The molecule has 1 aromatic rings. The van der Waals surface area contributed by atoms with Crippen LogP contribution in [0.25, 0.3) is 0 Å². The summed E-state index contributed by atoms with van der Waals surface area (Å²) in [6.07, 6.45) is -3.41. The minimum absolute atomic E-state index is 0.0603. The molecule has 28 heavy (non-hydrogen) atoms. The molecular formula is C19H25F3O5S. The van der Waals surface area contributed by atoms with E-state index in [0.29, 0.717) is 12.8 Å². The van der Waals surface area contributed by atoms with Crippen molar-refractivity contribution in [3.8, 4) is 0 Å². The molecule has 0 saturated heterocycles. The van der Waals surface area contributed by atoms with Crippen molar-refractivity contribution in [2.45, 2.75) is 63.5 Å². The first-order valence-corrected chi connectivity index (χ1v) is 10.5. The van der Waals surface area contributed by atoms with Crippen LogP contribution < -0.4 is 0 Å².